The number of thiazole rings is 1. The van der Waals surface area contributed by atoms with Crippen LogP contribution >= 0.6 is 11.3 Å². The Morgan fingerprint density at radius 1 is 1.29 bits per heavy atom. The summed E-state index contributed by atoms with van der Waals surface area (Å²) < 4.78 is 6.17. The molecule has 2 heterocycles. The number of nitrogens with one attached hydrogen (secondary N) is 1. The molecule has 0 saturated carbocycles. The van der Waals surface area contributed by atoms with E-state index in [1.807, 2.05) is 50.2 Å². The summed E-state index contributed by atoms with van der Waals surface area (Å²) in [6.45, 7) is 4.40. The predicted molar refractivity (Wildman–Crippen MR) is 111 cm³/mol. The normalized spacial score (nSPS) is 16.6. The van der Waals surface area contributed by atoms with Crippen molar-refractivity contribution >= 4 is 44.2 Å². The maximum absolute atomic E-state index is 12.7. The number of anilines is 2. The first kappa shape index (κ1) is 18.4. The fraction of sp³-hybridized carbons (Fsp3) is 0.286. The summed E-state index contributed by atoms with van der Waals surface area (Å²) in [6, 6.07) is 11.5. The molecule has 2 aromatic carbocycles. The number of fused-ring (bicyclic) bond motifs is 1. The number of amides is 2. The molecule has 6 nitrogen and oxygen atoms in total. The Hall–Kier alpha value is -2.93. The molecule has 7 heteroatoms. The molecule has 0 aliphatic carbocycles. The molecule has 3 aromatic rings. The van der Waals surface area contributed by atoms with Crippen molar-refractivity contribution in [3.05, 3.63) is 47.5 Å². The van der Waals surface area contributed by atoms with E-state index in [0.29, 0.717) is 11.7 Å². The zero-order valence-corrected chi connectivity index (χ0v) is 16.8. The quantitative estimate of drug-likeness (QED) is 0.727. The lowest BCUT2D eigenvalue weighted by molar-refractivity contribution is -0.122. The summed E-state index contributed by atoms with van der Waals surface area (Å²) >= 11 is 1.39. The van der Waals surface area contributed by atoms with Crippen LogP contribution in [0, 0.1) is 19.8 Å². The van der Waals surface area contributed by atoms with Gasteiger partial charge in [-0.2, -0.15) is 0 Å². The highest BCUT2D eigenvalue weighted by molar-refractivity contribution is 7.22. The summed E-state index contributed by atoms with van der Waals surface area (Å²) in [6.07, 6.45) is 0.206. The molecule has 1 atom stereocenters. The second kappa shape index (κ2) is 7.24. The monoisotopic (exact) mass is 395 g/mol. The number of hydrogen-bond donors (Lipinski definition) is 1. The van der Waals surface area contributed by atoms with Crippen LogP contribution in [-0.2, 0) is 9.59 Å². The minimum atomic E-state index is -0.394. The van der Waals surface area contributed by atoms with Crippen molar-refractivity contribution in [2.24, 2.45) is 5.92 Å². The van der Waals surface area contributed by atoms with Gasteiger partial charge in [0.15, 0.2) is 5.13 Å². The number of nitrogens with zero attached hydrogens (tertiary/aromatic N) is 2. The van der Waals surface area contributed by atoms with Gasteiger partial charge in [0.05, 0.1) is 23.2 Å². The van der Waals surface area contributed by atoms with E-state index in [1.54, 1.807) is 12.0 Å². The van der Waals surface area contributed by atoms with Crippen molar-refractivity contribution in [3.63, 3.8) is 0 Å². The summed E-state index contributed by atoms with van der Waals surface area (Å²) in [5.41, 5.74) is 3.88. The zero-order valence-electron chi connectivity index (χ0n) is 16.0. The molecule has 1 aliphatic rings. The smallest absolute Gasteiger partial charge is 0.231 e. The molecule has 1 aromatic heterocycles. The Bertz CT molecular complexity index is 1080. The highest BCUT2D eigenvalue weighted by Crippen LogP contribution is 2.32. The third-order valence-electron chi connectivity index (χ3n) is 5.19. The molecule has 2 amide bonds. The molecule has 1 fully saturated rings. The molecule has 144 valence electrons. The fourth-order valence-electron chi connectivity index (χ4n) is 3.44. The number of hydrogen-bond acceptors (Lipinski definition) is 5. The number of ether oxygens (including phenoxy) is 1. The van der Waals surface area contributed by atoms with Gasteiger partial charge in [-0.25, -0.2) is 4.98 Å². The predicted octanol–water partition coefficient (Wildman–Crippen LogP) is 3.91. The SMILES string of the molecule is COc1ccc2nc(NC(=O)[C@H]3CC(=O)N(c4cccc(C)c4C)C3)sc2c1. The maximum Gasteiger partial charge on any atom is 0.231 e. The lowest BCUT2D eigenvalue weighted by atomic mass is 10.1. The molecule has 0 bridgehead atoms. The van der Waals surface area contributed by atoms with Crippen LogP contribution in [0.4, 0.5) is 10.8 Å². The van der Waals surface area contributed by atoms with Gasteiger partial charge in [0.25, 0.3) is 0 Å². The van der Waals surface area contributed by atoms with Crippen LogP contribution in [0.15, 0.2) is 36.4 Å². The van der Waals surface area contributed by atoms with Crippen molar-refractivity contribution in [3.8, 4) is 5.75 Å². The standard InChI is InChI=1S/C21H21N3O3S/c1-12-5-4-6-17(13(12)2)24-11-14(9-19(24)25)20(26)23-21-22-16-8-7-15(27-3)10-18(16)28-21/h4-8,10,14H,9,11H2,1-3H3,(H,22,23,26)/t14-/m0/s1. The minimum Gasteiger partial charge on any atom is -0.497 e. The van der Waals surface area contributed by atoms with Crippen LogP contribution in [0.25, 0.3) is 10.2 Å². The Balaban J connectivity index is 1.50. The Kier molecular flexibility index (Phi) is 4.77. The molecule has 4 rings (SSSR count). The van der Waals surface area contributed by atoms with E-state index in [4.69, 9.17) is 4.74 Å². The molecule has 28 heavy (non-hydrogen) atoms. The van der Waals surface area contributed by atoms with Gasteiger partial charge in [0.2, 0.25) is 11.8 Å². The van der Waals surface area contributed by atoms with E-state index < -0.39 is 5.92 Å². The number of benzene rings is 2. The van der Waals surface area contributed by atoms with Gasteiger partial charge in [-0.15, -0.1) is 0 Å². The van der Waals surface area contributed by atoms with Gasteiger partial charge in [0, 0.05) is 18.7 Å². The van der Waals surface area contributed by atoms with Crippen LogP contribution in [-0.4, -0.2) is 30.5 Å². The zero-order chi connectivity index (χ0) is 19.8. The molecule has 0 spiro atoms. The van der Waals surface area contributed by atoms with Crippen molar-refractivity contribution in [2.45, 2.75) is 20.3 Å². The lowest BCUT2D eigenvalue weighted by Crippen LogP contribution is -2.28. The largest absolute Gasteiger partial charge is 0.497 e. The Morgan fingerprint density at radius 2 is 2.11 bits per heavy atom. The summed E-state index contributed by atoms with van der Waals surface area (Å²) in [5.74, 6) is 0.156. The van der Waals surface area contributed by atoms with Gasteiger partial charge < -0.3 is 15.0 Å². The highest BCUT2D eigenvalue weighted by atomic mass is 32.1. The average molecular weight is 395 g/mol. The maximum atomic E-state index is 12.7. The highest BCUT2D eigenvalue weighted by Gasteiger charge is 2.36. The van der Waals surface area contributed by atoms with E-state index in [1.165, 1.54) is 11.3 Å². The number of carbonyl (C=O) groups is 2. The number of aromatic nitrogens is 1. The number of methoxy groups -OCH3 is 1. The van der Waals surface area contributed by atoms with Crippen LogP contribution in [0.5, 0.6) is 5.75 Å². The van der Waals surface area contributed by atoms with Crippen LogP contribution in [0.2, 0.25) is 0 Å². The number of rotatable bonds is 4. The first-order valence-electron chi connectivity index (χ1n) is 9.08. The summed E-state index contributed by atoms with van der Waals surface area (Å²) in [7, 11) is 1.61. The van der Waals surface area contributed by atoms with Crippen LogP contribution < -0.4 is 15.0 Å². The lowest BCUT2D eigenvalue weighted by Gasteiger charge is -2.20. The number of carbonyl (C=O) groups excluding carboxylic acids is 2. The molecule has 1 saturated heterocycles. The van der Waals surface area contributed by atoms with E-state index in [-0.39, 0.29) is 18.2 Å². The summed E-state index contributed by atoms with van der Waals surface area (Å²) in [5, 5.41) is 3.41. The van der Waals surface area contributed by atoms with Crippen molar-refractivity contribution in [1.82, 2.24) is 4.98 Å². The van der Waals surface area contributed by atoms with Crippen molar-refractivity contribution < 1.29 is 14.3 Å². The van der Waals surface area contributed by atoms with Gasteiger partial charge in [-0.3, -0.25) is 9.59 Å². The van der Waals surface area contributed by atoms with Crippen molar-refractivity contribution in [1.29, 1.82) is 0 Å². The van der Waals surface area contributed by atoms with Gasteiger partial charge in [0.1, 0.15) is 5.75 Å². The molecular weight excluding hydrogens is 374 g/mol. The Labute approximate surface area is 167 Å². The minimum absolute atomic E-state index is 0.0251. The molecule has 1 aliphatic heterocycles. The summed E-state index contributed by atoms with van der Waals surface area (Å²) in [4.78, 5) is 31.4. The number of aryl methyl sites for hydroxylation is 1. The topological polar surface area (TPSA) is 71.5 Å². The average Bonchev–Trinajstić information content (AvgIpc) is 3.26. The van der Waals surface area contributed by atoms with Crippen molar-refractivity contribution in [2.75, 3.05) is 23.9 Å². The second-order valence-electron chi connectivity index (χ2n) is 6.97. The Morgan fingerprint density at radius 3 is 2.89 bits per heavy atom. The molecule has 0 unspecified atom stereocenters. The van der Waals surface area contributed by atoms with Gasteiger partial charge in [-0.1, -0.05) is 23.5 Å². The van der Waals surface area contributed by atoms with Crippen LogP contribution in [0.1, 0.15) is 17.5 Å². The first-order valence-corrected chi connectivity index (χ1v) is 9.90. The third-order valence-corrected chi connectivity index (χ3v) is 6.12. The molecule has 0 radical (unpaired) electrons. The van der Waals surface area contributed by atoms with E-state index >= 15 is 0 Å². The van der Waals surface area contributed by atoms with E-state index in [0.717, 1.165) is 32.8 Å². The first-order chi connectivity index (χ1) is 13.5. The second-order valence-corrected chi connectivity index (χ2v) is 8.00. The van der Waals surface area contributed by atoms with Crippen LogP contribution in [0.3, 0.4) is 0 Å². The third kappa shape index (κ3) is 3.33. The van der Waals surface area contributed by atoms with E-state index in [9.17, 15) is 9.59 Å². The molecular formula is C21H21N3O3S. The molecule has 1 N–H and O–H groups in total. The van der Waals surface area contributed by atoms with E-state index in [2.05, 4.69) is 10.3 Å². The fourth-order valence-corrected chi connectivity index (χ4v) is 4.33. The van der Waals surface area contributed by atoms with Gasteiger partial charge in [-0.05, 0) is 49.2 Å². The van der Waals surface area contributed by atoms with Gasteiger partial charge >= 0.3 is 0 Å².